The van der Waals surface area contributed by atoms with E-state index in [1.807, 2.05) is 0 Å². The number of carbonyl (C=O) groups is 1. The van der Waals surface area contributed by atoms with Crippen molar-refractivity contribution >= 4 is 16.8 Å². The maximum Gasteiger partial charge on any atom is 0.265 e. The number of aromatic nitrogens is 2. The summed E-state index contributed by atoms with van der Waals surface area (Å²) in [5, 5.41) is 10.5. The molecule has 2 heterocycles. The van der Waals surface area contributed by atoms with E-state index in [0.717, 1.165) is 0 Å². The Kier molecular flexibility index (Phi) is 3.32. The summed E-state index contributed by atoms with van der Waals surface area (Å²) in [4.78, 5) is 19.1. The van der Waals surface area contributed by atoms with Crippen LogP contribution in [0.4, 0.5) is 4.39 Å². The first-order valence-corrected chi connectivity index (χ1v) is 7.09. The number of aryl methyl sites for hydroxylation is 1. The van der Waals surface area contributed by atoms with Gasteiger partial charge in [-0.3, -0.25) is 4.79 Å². The molecule has 0 bridgehead atoms. The molecule has 0 aliphatic heterocycles. The van der Waals surface area contributed by atoms with Crippen LogP contribution in [0.2, 0.25) is 0 Å². The van der Waals surface area contributed by atoms with E-state index in [1.54, 1.807) is 26.8 Å². The SMILES string of the molecule is Cc1nc(-c2c(C(N)=O)[nH]c3ccc(F)cc23)c(C)c(C)c1O. The van der Waals surface area contributed by atoms with Gasteiger partial charge in [0.25, 0.3) is 5.91 Å². The van der Waals surface area contributed by atoms with Gasteiger partial charge < -0.3 is 15.8 Å². The van der Waals surface area contributed by atoms with Crippen molar-refractivity contribution in [3.8, 4) is 17.0 Å². The van der Waals surface area contributed by atoms with Gasteiger partial charge in [0, 0.05) is 16.5 Å². The van der Waals surface area contributed by atoms with Crippen molar-refractivity contribution in [1.29, 1.82) is 0 Å². The minimum absolute atomic E-state index is 0.109. The molecule has 0 spiro atoms. The van der Waals surface area contributed by atoms with Crippen LogP contribution in [0.3, 0.4) is 0 Å². The number of H-pyrrole nitrogens is 1. The second-order valence-corrected chi connectivity index (χ2v) is 5.57. The Hall–Kier alpha value is -2.89. The van der Waals surface area contributed by atoms with Crippen LogP contribution in [0.1, 0.15) is 27.3 Å². The van der Waals surface area contributed by atoms with Crippen molar-refractivity contribution in [3.05, 3.63) is 46.5 Å². The first-order valence-electron chi connectivity index (χ1n) is 7.09. The largest absolute Gasteiger partial charge is 0.506 e. The number of carbonyl (C=O) groups excluding carboxylic acids is 1. The molecule has 0 radical (unpaired) electrons. The summed E-state index contributed by atoms with van der Waals surface area (Å²) in [7, 11) is 0. The molecule has 0 aliphatic rings. The quantitative estimate of drug-likeness (QED) is 0.679. The molecule has 0 fully saturated rings. The molecule has 5 nitrogen and oxygen atoms in total. The van der Waals surface area contributed by atoms with Crippen LogP contribution in [0, 0.1) is 26.6 Å². The van der Waals surface area contributed by atoms with Gasteiger partial charge in [0.1, 0.15) is 17.3 Å². The Bertz CT molecular complexity index is 960. The molecule has 0 atom stereocenters. The van der Waals surface area contributed by atoms with Crippen LogP contribution in [0.5, 0.6) is 5.75 Å². The van der Waals surface area contributed by atoms with Gasteiger partial charge in [-0.15, -0.1) is 0 Å². The minimum Gasteiger partial charge on any atom is -0.506 e. The van der Waals surface area contributed by atoms with Crippen LogP contribution in [0.15, 0.2) is 18.2 Å². The predicted molar refractivity (Wildman–Crippen MR) is 85.9 cm³/mol. The number of nitrogens with one attached hydrogen (secondary N) is 1. The van der Waals surface area contributed by atoms with E-state index < -0.39 is 11.7 Å². The fourth-order valence-corrected chi connectivity index (χ4v) is 2.77. The number of halogens is 1. The van der Waals surface area contributed by atoms with Crippen LogP contribution in [0.25, 0.3) is 22.2 Å². The first kappa shape index (κ1) is 15.0. The molecule has 0 unspecified atom stereocenters. The maximum absolute atomic E-state index is 13.7. The zero-order valence-corrected chi connectivity index (χ0v) is 13.0. The highest BCUT2D eigenvalue weighted by atomic mass is 19.1. The molecule has 2 aromatic heterocycles. The van der Waals surface area contributed by atoms with Crippen molar-refractivity contribution in [3.63, 3.8) is 0 Å². The molecule has 23 heavy (non-hydrogen) atoms. The van der Waals surface area contributed by atoms with Crippen LogP contribution >= 0.6 is 0 Å². The first-order chi connectivity index (χ1) is 10.8. The number of amides is 1. The highest BCUT2D eigenvalue weighted by Gasteiger charge is 2.22. The lowest BCUT2D eigenvalue weighted by molar-refractivity contribution is 0.0997. The van der Waals surface area contributed by atoms with Gasteiger partial charge in [-0.2, -0.15) is 0 Å². The van der Waals surface area contributed by atoms with Gasteiger partial charge in [0.2, 0.25) is 0 Å². The average molecular weight is 313 g/mol. The smallest absolute Gasteiger partial charge is 0.265 e. The number of aromatic amines is 1. The number of benzene rings is 1. The van der Waals surface area contributed by atoms with E-state index in [2.05, 4.69) is 9.97 Å². The lowest BCUT2D eigenvalue weighted by atomic mass is 9.98. The second kappa shape index (κ2) is 5.08. The number of nitrogens with two attached hydrogens (primary N) is 1. The molecule has 0 saturated heterocycles. The highest BCUT2D eigenvalue weighted by Crippen LogP contribution is 2.37. The van der Waals surface area contributed by atoms with Crippen molar-refractivity contribution in [2.45, 2.75) is 20.8 Å². The Morgan fingerprint density at radius 1 is 1.26 bits per heavy atom. The number of primary amides is 1. The summed E-state index contributed by atoms with van der Waals surface area (Å²) in [6.07, 6.45) is 0. The molecule has 1 amide bonds. The van der Waals surface area contributed by atoms with Gasteiger partial charge in [-0.05, 0) is 50.1 Å². The Labute approximate surface area is 132 Å². The number of hydrogen-bond donors (Lipinski definition) is 3. The van der Waals surface area contributed by atoms with Gasteiger partial charge in [-0.25, -0.2) is 9.37 Å². The summed E-state index contributed by atoms with van der Waals surface area (Å²) >= 11 is 0. The molecule has 1 aromatic carbocycles. The van der Waals surface area contributed by atoms with Crippen LogP contribution < -0.4 is 5.73 Å². The van der Waals surface area contributed by atoms with E-state index in [4.69, 9.17) is 5.73 Å². The van der Waals surface area contributed by atoms with E-state index in [0.29, 0.717) is 39.0 Å². The third-order valence-electron chi connectivity index (χ3n) is 4.14. The third kappa shape index (κ3) is 2.23. The lowest BCUT2D eigenvalue weighted by Gasteiger charge is -2.12. The van der Waals surface area contributed by atoms with Crippen molar-refractivity contribution in [2.75, 3.05) is 0 Å². The molecule has 6 heteroatoms. The number of aromatic hydroxyl groups is 1. The third-order valence-corrected chi connectivity index (χ3v) is 4.14. The fraction of sp³-hybridized carbons (Fsp3) is 0.176. The standard InChI is InChI=1S/C17H16FN3O2/c1-7-8(2)16(22)9(3)20-14(7)13-11-6-10(18)4-5-12(11)21-15(13)17(19)23/h4-6,21-22H,1-3H3,(H2,19,23). The topological polar surface area (TPSA) is 92.0 Å². The Morgan fingerprint density at radius 2 is 1.96 bits per heavy atom. The number of pyridine rings is 1. The average Bonchev–Trinajstić information content (AvgIpc) is 2.87. The number of fused-ring (bicyclic) bond motifs is 1. The molecular formula is C17H16FN3O2. The summed E-state index contributed by atoms with van der Waals surface area (Å²) in [5.74, 6) is -0.960. The fourth-order valence-electron chi connectivity index (χ4n) is 2.77. The van der Waals surface area contributed by atoms with Crippen molar-refractivity contribution in [1.82, 2.24) is 9.97 Å². The molecule has 118 valence electrons. The Balaban J connectivity index is 2.46. The van der Waals surface area contributed by atoms with Gasteiger partial charge in [-0.1, -0.05) is 0 Å². The molecule has 4 N–H and O–H groups in total. The Morgan fingerprint density at radius 3 is 2.61 bits per heavy atom. The minimum atomic E-state index is -0.652. The molecular weight excluding hydrogens is 297 g/mol. The molecule has 0 aliphatic carbocycles. The van der Waals surface area contributed by atoms with E-state index in [1.165, 1.54) is 12.1 Å². The van der Waals surface area contributed by atoms with E-state index >= 15 is 0 Å². The van der Waals surface area contributed by atoms with E-state index in [9.17, 15) is 14.3 Å². The maximum atomic E-state index is 13.7. The normalized spacial score (nSPS) is 11.1. The van der Waals surface area contributed by atoms with Crippen LogP contribution in [-0.4, -0.2) is 21.0 Å². The second-order valence-electron chi connectivity index (χ2n) is 5.57. The van der Waals surface area contributed by atoms with Gasteiger partial charge >= 0.3 is 0 Å². The summed E-state index contributed by atoms with van der Waals surface area (Å²) in [6.45, 7) is 5.23. The summed E-state index contributed by atoms with van der Waals surface area (Å²) < 4.78 is 13.7. The predicted octanol–water partition coefficient (Wildman–Crippen LogP) is 3.10. The number of hydrogen-bond acceptors (Lipinski definition) is 3. The highest BCUT2D eigenvalue weighted by molar-refractivity contribution is 6.09. The molecule has 0 saturated carbocycles. The van der Waals surface area contributed by atoms with Gasteiger partial charge in [0.15, 0.2) is 0 Å². The summed E-state index contributed by atoms with van der Waals surface area (Å²) in [6, 6.07) is 4.20. The van der Waals surface area contributed by atoms with E-state index in [-0.39, 0.29) is 11.4 Å². The van der Waals surface area contributed by atoms with Crippen LogP contribution in [-0.2, 0) is 0 Å². The zero-order valence-electron chi connectivity index (χ0n) is 13.0. The summed E-state index contributed by atoms with van der Waals surface area (Å²) in [5.41, 5.74) is 9.00. The van der Waals surface area contributed by atoms with Crippen molar-refractivity contribution in [2.24, 2.45) is 5.73 Å². The molecule has 3 rings (SSSR count). The molecule has 3 aromatic rings. The monoisotopic (exact) mass is 313 g/mol. The van der Waals surface area contributed by atoms with Crippen molar-refractivity contribution < 1.29 is 14.3 Å². The number of rotatable bonds is 2. The van der Waals surface area contributed by atoms with Gasteiger partial charge in [0.05, 0.1) is 11.4 Å². The number of nitrogens with zero attached hydrogens (tertiary/aromatic N) is 1. The zero-order chi connectivity index (χ0) is 16.9. The lowest BCUT2D eigenvalue weighted by Crippen LogP contribution is -2.13.